The minimum Gasteiger partial charge on any atom is -0.492 e. The Hall–Kier alpha value is -1.96. The molecule has 2 nitrogen and oxygen atoms in total. The molecule has 0 saturated carbocycles. The van der Waals surface area contributed by atoms with Gasteiger partial charge in [-0.3, -0.25) is 0 Å². The second-order valence-corrected chi connectivity index (χ2v) is 5.64. The number of hydrogen-bond acceptors (Lipinski definition) is 2. The molecule has 1 atom stereocenters. The van der Waals surface area contributed by atoms with Crippen LogP contribution in [0.5, 0.6) is 11.5 Å². The van der Waals surface area contributed by atoms with Gasteiger partial charge in [0.05, 0.1) is 5.41 Å². The van der Waals surface area contributed by atoms with E-state index < -0.39 is 0 Å². The van der Waals surface area contributed by atoms with E-state index in [0.717, 1.165) is 24.5 Å². The smallest absolute Gasteiger partial charge is 0.123 e. The van der Waals surface area contributed by atoms with E-state index in [-0.39, 0.29) is 5.41 Å². The van der Waals surface area contributed by atoms with Gasteiger partial charge in [-0.15, -0.1) is 0 Å². The normalized spacial score (nSPS) is 23.4. The third-order valence-corrected chi connectivity index (χ3v) is 4.22. The minimum absolute atomic E-state index is 0.00426. The van der Waals surface area contributed by atoms with Crippen molar-refractivity contribution in [2.75, 3.05) is 13.2 Å². The minimum atomic E-state index is -0.00426. The SMILES string of the molecule is Cc1ccc2c(c1)C1(COc3ccccc3C1)CO2. The summed E-state index contributed by atoms with van der Waals surface area (Å²) in [5.41, 5.74) is 3.87. The van der Waals surface area contributed by atoms with Gasteiger partial charge >= 0.3 is 0 Å². The second kappa shape index (κ2) is 3.77. The average molecular weight is 252 g/mol. The first kappa shape index (κ1) is 10.9. The molecule has 0 saturated heterocycles. The highest BCUT2D eigenvalue weighted by Gasteiger charge is 2.44. The van der Waals surface area contributed by atoms with E-state index in [9.17, 15) is 0 Å². The fraction of sp³-hybridized carbons (Fsp3) is 0.294. The fourth-order valence-electron chi connectivity index (χ4n) is 3.17. The van der Waals surface area contributed by atoms with Crippen LogP contribution in [0.4, 0.5) is 0 Å². The number of benzene rings is 2. The quantitative estimate of drug-likeness (QED) is 0.716. The summed E-state index contributed by atoms with van der Waals surface area (Å²) in [4.78, 5) is 0. The van der Waals surface area contributed by atoms with Gasteiger partial charge in [0.15, 0.2) is 0 Å². The number of rotatable bonds is 0. The third-order valence-electron chi connectivity index (χ3n) is 4.22. The Morgan fingerprint density at radius 2 is 1.74 bits per heavy atom. The van der Waals surface area contributed by atoms with Crippen molar-refractivity contribution < 1.29 is 9.47 Å². The van der Waals surface area contributed by atoms with E-state index in [2.05, 4.69) is 43.3 Å². The summed E-state index contributed by atoms with van der Waals surface area (Å²) in [6, 6.07) is 14.8. The molecular weight excluding hydrogens is 236 g/mol. The van der Waals surface area contributed by atoms with E-state index in [4.69, 9.17) is 9.47 Å². The van der Waals surface area contributed by atoms with Crippen molar-refractivity contribution in [3.05, 3.63) is 59.2 Å². The first-order valence-electron chi connectivity index (χ1n) is 6.72. The Morgan fingerprint density at radius 3 is 2.63 bits per heavy atom. The first-order chi connectivity index (χ1) is 9.27. The molecule has 4 rings (SSSR count). The zero-order chi connectivity index (χ0) is 12.9. The van der Waals surface area contributed by atoms with Crippen LogP contribution < -0.4 is 9.47 Å². The van der Waals surface area contributed by atoms with Gasteiger partial charge in [-0.05, 0) is 31.0 Å². The molecule has 0 bridgehead atoms. The highest BCUT2D eigenvalue weighted by atomic mass is 16.5. The molecule has 2 aliphatic rings. The molecule has 96 valence electrons. The van der Waals surface area contributed by atoms with Gasteiger partial charge in [-0.2, -0.15) is 0 Å². The van der Waals surface area contributed by atoms with Gasteiger partial charge in [0.25, 0.3) is 0 Å². The first-order valence-corrected chi connectivity index (χ1v) is 6.72. The van der Waals surface area contributed by atoms with E-state index >= 15 is 0 Å². The Bertz CT molecular complexity index is 647. The fourth-order valence-corrected chi connectivity index (χ4v) is 3.17. The molecular formula is C17H16O2. The molecule has 2 heteroatoms. The molecule has 2 aliphatic heterocycles. The lowest BCUT2D eigenvalue weighted by Crippen LogP contribution is -2.40. The van der Waals surface area contributed by atoms with Gasteiger partial charge in [-0.25, -0.2) is 0 Å². The lowest BCUT2D eigenvalue weighted by molar-refractivity contribution is 0.154. The predicted molar refractivity (Wildman–Crippen MR) is 74.0 cm³/mol. The lowest BCUT2D eigenvalue weighted by Gasteiger charge is -2.33. The van der Waals surface area contributed by atoms with Crippen LogP contribution in [0.25, 0.3) is 0 Å². The van der Waals surface area contributed by atoms with Gasteiger partial charge in [0.1, 0.15) is 24.7 Å². The molecule has 2 heterocycles. The van der Waals surface area contributed by atoms with Crippen LogP contribution in [-0.4, -0.2) is 13.2 Å². The summed E-state index contributed by atoms with van der Waals surface area (Å²) >= 11 is 0. The number of hydrogen-bond donors (Lipinski definition) is 0. The van der Waals surface area contributed by atoms with Crippen LogP contribution in [0.15, 0.2) is 42.5 Å². The molecule has 0 amide bonds. The van der Waals surface area contributed by atoms with Crippen molar-refractivity contribution in [3.8, 4) is 11.5 Å². The molecule has 0 aromatic heterocycles. The molecule has 2 aromatic carbocycles. The lowest BCUT2D eigenvalue weighted by atomic mass is 9.76. The third kappa shape index (κ3) is 1.56. The maximum absolute atomic E-state index is 5.98. The standard InChI is InChI=1S/C17H16O2/c1-12-6-7-16-14(8-12)17(11-19-16)9-13-4-2-3-5-15(13)18-10-17/h2-8H,9-11H2,1H3. The van der Waals surface area contributed by atoms with Crippen LogP contribution >= 0.6 is 0 Å². The van der Waals surface area contributed by atoms with Crippen molar-refractivity contribution in [2.45, 2.75) is 18.8 Å². The van der Waals surface area contributed by atoms with Gasteiger partial charge in [-0.1, -0.05) is 35.9 Å². The van der Waals surface area contributed by atoms with Crippen molar-refractivity contribution in [2.24, 2.45) is 0 Å². The predicted octanol–water partition coefficient (Wildman–Crippen LogP) is 3.26. The van der Waals surface area contributed by atoms with Crippen LogP contribution in [0, 0.1) is 6.92 Å². The maximum atomic E-state index is 5.98. The summed E-state index contributed by atoms with van der Waals surface area (Å²) in [7, 11) is 0. The highest BCUT2D eigenvalue weighted by molar-refractivity contribution is 5.50. The Kier molecular flexibility index (Phi) is 2.16. The number of aryl methyl sites for hydroxylation is 1. The second-order valence-electron chi connectivity index (χ2n) is 5.64. The summed E-state index contributed by atoms with van der Waals surface area (Å²) < 4.78 is 11.9. The molecule has 2 aromatic rings. The molecule has 0 fully saturated rings. The van der Waals surface area contributed by atoms with Gasteiger partial charge < -0.3 is 9.47 Å². The van der Waals surface area contributed by atoms with Crippen molar-refractivity contribution in [1.82, 2.24) is 0 Å². The summed E-state index contributed by atoms with van der Waals surface area (Å²) in [6.07, 6.45) is 1.000. The number of para-hydroxylation sites is 1. The highest BCUT2D eigenvalue weighted by Crippen LogP contribution is 2.45. The van der Waals surface area contributed by atoms with E-state index in [1.54, 1.807) is 0 Å². The van der Waals surface area contributed by atoms with E-state index in [0.29, 0.717) is 6.61 Å². The van der Waals surface area contributed by atoms with Crippen molar-refractivity contribution >= 4 is 0 Å². The molecule has 0 N–H and O–H groups in total. The van der Waals surface area contributed by atoms with Gasteiger partial charge in [0, 0.05) is 5.56 Å². The van der Waals surface area contributed by atoms with Crippen LogP contribution in [0.2, 0.25) is 0 Å². The monoisotopic (exact) mass is 252 g/mol. The van der Waals surface area contributed by atoms with Crippen LogP contribution in [0.3, 0.4) is 0 Å². The Labute approximate surface area is 113 Å². The summed E-state index contributed by atoms with van der Waals surface area (Å²) in [6.45, 7) is 3.56. The number of fused-ring (bicyclic) bond motifs is 3. The maximum Gasteiger partial charge on any atom is 0.123 e. The Balaban J connectivity index is 1.81. The van der Waals surface area contributed by atoms with Crippen molar-refractivity contribution in [1.29, 1.82) is 0 Å². The molecule has 0 aliphatic carbocycles. The molecule has 1 spiro atoms. The average Bonchev–Trinajstić information content (AvgIpc) is 2.77. The molecule has 0 radical (unpaired) electrons. The number of ether oxygens (including phenoxy) is 2. The molecule has 1 unspecified atom stereocenters. The van der Waals surface area contributed by atoms with E-state index in [1.165, 1.54) is 16.7 Å². The topological polar surface area (TPSA) is 18.5 Å². The van der Waals surface area contributed by atoms with Crippen LogP contribution in [0.1, 0.15) is 16.7 Å². The zero-order valence-electron chi connectivity index (χ0n) is 11.0. The summed E-state index contributed by atoms with van der Waals surface area (Å²) in [5.74, 6) is 2.04. The van der Waals surface area contributed by atoms with Crippen LogP contribution in [-0.2, 0) is 11.8 Å². The van der Waals surface area contributed by atoms with Crippen molar-refractivity contribution in [3.63, 3.8) is 0 Å². The molecule has 19 heavy (non-hydrogen) atoms. The van der Waals surface area contributed by atoms with E-state index in [1.807, 2.05) is 6.07 Å². The largest absolute Gasteiger partial charge is 0.492 e. The zero-order valence-corrected chi connectivity index (χ0v) is 11.0. The van der Waals surface area contributed by atoms with Gasteiger partial charge in [0.2, 0.25) is 0 Å². The summed E-state index contributed by atoms with van der Waals surface area (Å²) in [5, 5.41) is 0. The Morgan fingerprint density at radius 1 is 0.947 bits per heavy atom.